The highest BCUT2D eigenvalue weighted by molar-refractivity contribution is 5.49. The lowest BCUT2D eigenvalue weighted by Gasteiger charge is -2.11. The second-order valence-electron chi connectivity index (χ2n) is 8.57. The standard InChI is InChI=1S/C26H43NO2/c1-2-3-4-5-6-7-8-9-10-11-12-13-14-23-15-17-24(18-16-23)22-29-26-19-25(21-28)27-20-26/h13-18,25-28H,2-12,19-22H2,1H3/b14-13+/t25-,26+/m1/s1. The Morgan fingerprint density at radius 3 is 2.24 bits per heavy atom. The van der Waals surface area contributed by atoms with E-state index in [1.807, 2.05) is 0 Å². The lowest BCUT2D eigenvalue weighted by atomic mass is 10.1. The molecule has 0 aliphatic carbocycles. The monoisotopic (exact) mass is 401 g/mol. The van der Waals surface area contributed by atoms with E-state index < -0.39 is 0 Å². The van der Waals surface area contributed by atoms with Gasteiger partial charge in [-0.05, 0) is 30.4 Å². The minimum atomic E-state index is 0.194. The number of rotatable bonds is 16. The smallest absolute Gasteiger partial charge is 0.0721 e. The van der Waals surface area contributed by atoms with Crippen molar-refractivity contribution in [3.63, 3.8) is 0 Å². The first-order valence-electron chi connectivity index (χ1n) is 12.0. The molecule has 1 fully saturated rings. The highest BCUT2D eigenvalue weighted by atomic mass is 16.5. The first-order chi connectivity index (χ1) is 14.3. The van der Waals surface area contributed by atoms with Crippen LogP contribution in [0.3, 0.4) is 0 Å². The Kier molecular flexibility index (Phi) is 13.0. The van der Waals surface area contributed by atoms with E-state index in [9.17, 15) is 0 Å². The van der Waals surface area contributed by atoms with Crippen molar-refractivity contribution in [2.24, 2.45) is 0 Å². The van der Waals surface area contributed by atoms with Gasteiger partial charge in [-0.1, -0.05) is 101 Å². The predicted molar refractivity (Wildman–Crippen MR) is 124 cm³/mol. The van der Waals surface area contributed by atoms with Crippen molar-refractivity contribution in [3.8, 4) is 0 Å². The van der Waals surface area contributed by atoms with Crippen LogP contribution in [0.1, 0.15) is 95.1 Å². The number of hydrogen-bond acceptors (Lipinski definition) is 3. The minimum absolute atomic E-state index is 0.194. The molecule has 1 aromatic carbocycles. The maximum atomic E-state index is 9.16. The van der Waals surface area contributed by atoms with E-state index in [1.165, 1.54) is 81.8 Å². The topological polar surface area (TPSA) is 41.5 Å². The van der Waals surface area contributed by atoms with E-state index in [0.29, 0.717) is 6.61 Å². The molecule has 0 aromatic heterocycles. The molecule has 1 heterocycles. The van der Waals surface area contributed by atoms with Crippen molar-refractivity contribution < 1.29 is 9.84 Å². The third-order valence-corrected chi connectivity index (χ3v) is 5.90. The molecule has 2 atom stereocenters. The molecule has 164 valence electrons. The number of aliphatic hydroxyl groups excluding tert-OH is 1. The summed E-state index contributed by atoms with van der Waals surface area (Å²) in [5.41, 5.74) is 2.48. The second kappa shape index (κ2) is 15.6. The van der Waals surface area contributed by atoms with Gasteiger partial charge < -0.3 is 15.2 Å². The molecular formula is C26H43NO2. The molecule has 2 rings (SSSR count). The zero-order valence-corrected chi connectivity index (χ0v) is 18.6. The van der Waals surface area contributed by atoms with Crippen LogP contribution in [0.5, 0.6) is 0 Å². The minimum Gasteiger partial charge on any atom is -0.395 e. The molecule has 29 heavy (non-hydrogen) atoms. The normalized spacial score (nSPS) is 19.4. The Hall–Kier alpha value is -1.16. The molecular weight excluding hydrogens is 358 g/mol. The highest BCUT2D eigenvalue weighted by Gasteiger charge is 2.23. The number of unbranched alkanes of at least 4 members (excludes halogenated alkanes) is 10. The predicted octanol–water partition coefficient (Wildman–Crippen LogP) is 6.25. The van der Waals surface area contributed by atoms with Gasteiger partial charge in [-0.3, -0.25) is 0 Å². The molecule has 0 unspecified atom stereocenters. The first-order valence-corrected chi connectivity index (χ1v) is 12.0. The van der Waals surface area contributed by atoms with Gasteiger partial charge in [0.2, 0.25) is 0 Å². The van der Waals surface area contributed by atoms with Crippen molar-refractivity contribution in [1.82, 2.24) is 5.32 Å². The molecule has 3 nitrogen and oxygen atoms in total. The van der Waals surface area contributed by atoms with Crippen molar-refractivity contribution in [3.05, 3.63) is 41.5 Å². The largest absolute Gasteiger partial charge is 0.395 e. The molecule has 0 spiro atoms. The number of allylic oxidation sites excluding steroid dienone is 1. The third-order valence-electron chi connectivity index (χ3n) is 5.90. The van der Waals surface area contributed by atoms with Crippen molar-refractivity contribution in [2.45, 2.75) is 103 Å². The fourth-order valence-corrected chi connectivity index (χ4v) is 3.96. The zero-order valence-electron chi connectivity index (χ0n) is 18.6. The quantitative estimate of drug-likeness (QED) is 0.322. The number of aliphatic hydroxyl groups is 1. The van der Waals surface area contributed by atoms with Gasteiger partial charge in [0.15, 0.2) is 0 Å². The molecule has 2 N–H and O–H groups in total. The Balaban J connectivity index is 1.48. The van der Waals surface area contributed by atoms with Gasteiger partial charge in [0, 0.05) is 12.6 Å². The summed E-state index contributed by atoms with van der Waals surface area (Å²) < 4.78 is 5.95. The molecule has 1 aliphatic rings. The van der Waals surface area contributed by atoms with Crippen LogP contribution in [0.25, 0.3) is 6.08 Å². The van der Waals surface area contributed by atoms with E-state index in [4.69, 9.17) is 9.84 Å². The van der Waals surface area contributed by atoms with Gasteiger partial charge in [-0.15, -0.1) is 0 Å². The van der Waals surface area contributed by atoms with Crippen LogP contribution in [0.15, 0.2) is 30.3 Å². The first kappa shape index (κ1) is 24.1. The van der Waals surface area contributed by atoms with Gasteiger partial charge in [-0.25, -0.2) is 0 Å². The summed E-state index contributed by atoms with van der Waals surface area (Å²) in [6, 6.07) is 8.87. The van der Waals surface area contributed by atoms with Crippen molar-refractivity contribution in [2.75, 3.05) is 13.2 Å². The fraction of sp³-hybridized carbons (Fsp3) is 0.692. The molecule has 0 radical (unpaired) electrons. The average molecular weight is 402 g/mol. The Morgan fingerprint density at radius 1 is 0.966 bits per heavy atom. The van der Waals surface area contributed by atoms with E-state index >= 15 is 0 Å². The lowest BCUT2D eigenvalue weighted by Crippen LogP contribution is -2.24. The molecule has 1 saturated heterocycles. The van der Waals surface area contributed by atoms with Crippen molar-refractivity contribution in [1.29, 1.82) is 0 Å². The van der Waals surface area contributed by atoms with Crippen LogP contribution >= 0.6 is 0 Å². The fourth-order valence-electron chi connectivity index (χ4n) is 3.96. The maximum Gasteiger partial charge on any atom is 0.0721 e. The molecule has 1 aliphatic heterocycles. The van der Waals surface area contributed by atoms with Crippen LogP contribution in [0, 0.1) is 0 Å². The average Bonchev–Trinajstić information content (AvgIpc) is 3.22. The van der Waals surface area contributed by atoms with Gasteiger partial charge in [0.05, 0.1) is 19.3 Å². The van der Waals surface area contributed by atoms with E-state index in [1.54, 1.807) is 0 Å². The molecule has 0 saturated carbocycles. The Labute approximate surface area is 178 Å². The molecule has 1 aromatic rings. The van der Waals surface area contributed by atoms with Crippen LogP contribution in [-0.2, 0) is 11.3 Å². The molecule has 0 amide bonds. The number of benzene rings is 1. The highest BCUT2D eigenvalue weighted by Crippen LogP contribution is 2.15. The van der Waals surface area contributed by atoms with E-state index in [-0.39, 0.29) is 18.8 Å². The van der Waals surface area contributed by atoms with Gasteiger partial charge in [0.25, 0.3) is 0 Å². The summed E-state index contributed by atoms with van der Waals surface area (Å²) >= 11 is 0. The number of ether oxygens (including phenoxy) is 1. The third kappa shape index (κ3) is 11.0. The number of nitrogens with one attached hydrogen (secondary N) is 1. The van der Waals surface area contributed by atoms with Gasteiger partial charge >= 0.3 is 0 Å². The van der Waals surface area contributed by atoms with E-state index in [0.717, 1.165) is 13.0 Å². The van der Waals surface area contributed by atoms with Gasteiger partial charge in [-0.2, -0.15) is 0 Å². The zero-order chi connectivity index (χ0) is 20.6. The summed E-state index contributed by atoms with van der Waals surface area (Å²) in [5, 5.41) is 12.4. The summed E-state index contributed by atoms with van der Waals surface area (Å²) in [5.74, 6) is 0. The molecule has 3 heteroatoms. The Bertz CT molecular complexity index is 540. The van der Waals surface area contributed by atoms with Crippen LogP contribution < -0.4 is 5.32 Å². The lowest BCUT2D eigenvalue weighted by molar-refractivity contribution is 0.0512. The van der Waals surface area contributed by atoms with Gasteiger partial charge in [0.1, 0.15) is 0 Å². The summed E-state index contributed by atoms with van der Waals surface area (Å²) in [6.07, 6.45) is 20.8. The van der Waals surface area contributed by atoms with Crippen LogP contribution in [-0.4, -0.2) is 30.4 Å². The molecule has 0 bridgehead atoms. The number of hydrogen-bond donors (Lipinski definition) is 2. The second-order valence-corrected chi connectivity index (χ2v) is 8.57. The summed E-state index contributed by atoms with van der Waals surface area (Å²) in [6.45, 7) is 3.96. The SMILES string of the molecule is CCCCCCCCCCCC/C=C/c1ccc(CO[C@@H]2CN[C@@H](CO)C2)cc1. The Morgan fingerprint density at radius 2 is 1.62 bits per heavy atom. The van der Waals surface area contributed by atoms with Crippen LogP contribution in [0.4, 0.5) is 0 Å². The maximum absolute atomic E-state index is 9.16. The summed E-state index contributed by atoms with van der Waals surface area (Å²) in [4.78, 5) is 0. The van der Waals surface area contributed by atoms with E-state index in [2.05, 4.69) is 48.7 Å². The van der Waals surface area contributed by atoms with Crippen molar-refractivity contribution >= 4 is 6.08 Å². The summed E-state index contributed by atoms with van der Waals surface area (Å²) in [7, 11) is 0. The van der Waals surface area contributed by atoms with Crippen LogP contribution in [0.2, 0.25) is 0 Å².